The molecule has 1 aliphatic carbocycles. The highest BCUT2D eigenvalue weighted by Crippen LogP contribution is 2.51. The Kier molecular flexibility index (Phi) is 3.80. The van der Waals surface area contributed by atoms with E-state index in [0.29, 0.717) is 0 Å². The van der Waals surface area contributed by atoms with E-state index in [0.717, 1.165) is 17.6 Å². The predicted octanol–water partition coefficient (Wildman–Crippen LogP) is 7.39. The molecule has 0 saturated carbocycles. The summed E-state index contributed by atoms with van der Waals surface area (Å²) in [4.78, 5) is 0. The van der Waals surface area contributed by atoms with Gasteiger partial charge in [-0.25, -0.2) is 0 Å². The van der Waals surface area contributed by atoms with Gasteiger partial charge in [-0.2, -0.15) is 0 Å². The van der Waals surface area contributed by atoms with Crippen LogP contribution in [-0.2, 0) is 12.1 Å². The molecular weight excluding hydrogens is 476 g/mol. The number of benzene rings is 3. The summed E-state index contributed by atoms with van der Waals surface area (Å²) in [5.41, 5.74) is 17.0. The standard InChI is InChI=1S/C36H28N2O/c1-20-18-31-33-29(15-14-26-25-13-12-24-17-21(2)23(4)32(24)34(25)39-35(26)33)36(38(31)19-22(20)3)28-10-6-5-9-27(28)30-11-7-8-16-37(30)36/h5-16,18-19H,17H2,1-4H3/q+2. The van der Waals surface area contributed by atoms with Crippen molar-refractivity contribution >= 4 is 27.5 Å². The lowest BCUT2D eigenvalue weighted by molar-refractivity contribution is -0.955. The quantitative estimate of drug-likeness (QED) is 0.197. The second kappa shape index (κ2) is 6.92. The predicted molar refractivity (Wildman–Crippen MR) is 154 cm³/mol. The number of aromatic nitrogens is 2. The molecule has 3 heteroatoms. The van der Waals surface area contributed by atoms with Crippen LogP contribution >= 0.6 is 0 Å². The van der Waals surface area contributed by atoms with E-state index in [1.54, 1.807) is 0 Å². The van der Waals surface area contributed by atoms with Gasteiger partial charge in [0.2, 0.25) is 11.4 Å². The first-order valence-corrected chi connectivity index (χ1v) is 13.8. The van der Waals surface area contributed by atoms with Crippen LogP contribution in [0.1, 0.15) is 47.2 Å². The minimum atomic E-state index is -0.516. The van der Waals surface area contributed by atoms with Gasteiger partial charge in [0.05, 0.1) is 5.56 Å². The van der Waals surface area contributed by atoms with Crippen molar-refractivity contribution in [1.29, 1.82) is 0 Å². The van der Waals surface area contributed by atoms with Crippen LogP contribution in [0.4, 0.5) is 0 Å². The Morgan fingerprint density at radius 2 is 1.46 bits per heavy atom. The van der Waals surface area contributed by atoms with Gasteiger partial charge in [-0.3, -0.25) is 0 Å². The Bertz CT molecular complexity index is 2100. The van der Waals surface area contributed by atoms with Crippen molar-refractivity contribution in [2.45, 2.75) is 39.8 Å². The van der Waals surface area contributed by atoms with E-state index < -0.39 is 5.66 Å². The summed E-state index contributed by atoms with van der Waals surface area (Å²) < 4.78 is 12.0. The van der Waals surface area contributed by atoms with Crippen LogP contribution < -0.4 is 9.13 Å². The summed E-state index contributed by atoms with van der Waals surface area (Å²) in [7, 11) is 0. The normalized spacial score (nSPS) is 18.2. The summed E-state index contributed by atoms with van der Waals surface area (Å²) in [5, 5.41) is 2.40. The molecule has 0 radical (unpaired) electrons. The molecule has 0 N–H and O–H groups in total. The van der Waals surface area contributed by atoms with Crippen LogP contribution in [0, 0.1) is 13.8 Å². The largest absolute Gasteiger partial charge is 0.454 e. The van der Waals surface area contributed by atoms with Gasteiger partial charge < -0.3 is 4.42 Å². The smallest absolute Gasteiger partial charge is 0.417 e. The first-order chi connectivity index (χ1) is 19.0. The summed E-state index contributed by atoms with van der Waals surface area (Å²) in [5.74, 6) is 0. The molecule has 0 saturated heterocycles. The number of fused-ring (bicyclic) bond motifs is 16. The first kappa shape index (κ1) is 21.4. The fourth-order valence-electron chi connectivity index (χ4n) is 7.63. The van der Waals surface area contributed by atoms with E-state index >= 15 is 0 Å². The van der Waals surface area contributed by atoms with Gasteiger partial charge in [0.15, 0.2) is 12.4 Å². The Morgan fingerprint density at radius 3 is 2.33 bits per heavy atom. The van der Waals surface area contributed by atoms with E-state index in [2.05, 4.69) is 122 Å². The minimum absolute atomic E-state index is 0.516. The third kappa shape index (κ3) is 2.33. The molecule has 0 bridgehead atoms. The Labute approximate surface area is 227 Å². The maximum atomic E-state index is 7.01. The summed E-state index contributed by atoms with van der Waals surface area (Å²) in [6, 6.07) is 27.0. The molecule has 1 unspecified atom stereocenters. The highest BCUT2D eigenvalue weighted by atomic mass is 16.3. The van der Waals surface area contributed by atoms with Crippen LogP contribution in [-0.4, -0.2) is 0 Å². The van der Waals surface area contributed by atoms with Gasteiger partial charge in [0.25, 0.3) is 0 Å². The van der Waals surface area contributed by atoms with Gasteiger partial charge in [0, 0.05) is 40.1 Å². The zero-order valence-corrected chi connectivity index (χ0v) is 22.6. The lowest BCUT2D eigenvalue weighted by Gasteiger charge is -2.17. The molecule has 0 amide bonds. The van der Waals surface area contributed by atoms with Gasteiger partial charge in [-0.05, 0) is 81.1 Å². The molecular formula is C36H28N2O+2. The number of furan rings is 1. The van der Waals surface area contributed by atoms with Crippen LogP contribution in [0.3, 0.4) is 0 Å². The zero-order chi connectivity index (χ0) is 26.2. The average Bonchev–Trinajstić information content (AvgIpc) is 3.64. The monoisotopic (exact) mass is 504 g/mol. The van der Waals surface area contributed by atoms with E-state index in [-0.39, 0.29) is 0 Å². The van der Waals surface area contributed by atoms with Crippen LogP contribution in [0.5, 0.6) is 0 Å². The molecule has 9 rings (SSSR count). The van der Waals surface area contributed by atoms with E-state index in [4.69, 9.17) is 4.42 Å². The van der Waals surface area contributed by atoms with Gasteiger partial charge >= 0.3 is 5.66 Å². The van der Waals surface area contributed by atoms with Crippen molar-refractivity contribution in [2.75, 3.05) is 0 Å². The van der Waals surface area contributed by atoms with Crippen LogP contribution in [0.25, 0.3) is 50.0 Å². The maximum absolute atomic E-state index is 7.01. The molecule has 3 aliphatic rings. The third-order valence-electron chi connectivity index (χ3n) is 9.69. The number of allylic oxidation sites excluding steroid dienone is 2. The van der Waals surface area contributed by atoms with Crippen molar-refractivity contribution in [1.82, 2.24) is 0 Å². The summed E-state index contributed by atoms with van der Waals surface area (Å²) >= 11 is 0. The van der Waals surface area contributed by atoms with E-state index in [1.807, 2.05) is 0 Å². The summed E-state index contributed by atoms with van der Waals surface area (Å²) in [6.07, 6.45) is 5.60. The molecule has 186 valence electrons. The molecule has 39 heavy (non-hydrogen) atoms. The first-order valence-electron chi connectivity index (χ1n) is 13.8. The molecule has 3 aromatic heterocycles. The lowest BCUT2D eigenvalue weighted by Crippen LogP contribution is -2.71. The second-order valence-corrected chi connectivity index (χ2v) is 11.6. The second-order valence-electron chi connectivity index (χ2n) is 11.6. The van der Waals surface area contributed by atoms with Gasteiger partial charge in [-0.15, -0.1) is 9.13 Å². The molecule has 3 nitrogen and oxygen atoms in total. The number of hydrogen-bond donors (Lipinski definition) is 0. The van der Waals surface area contributed by atoms with Crippen molar-refractivity contribution in [3.8, 4) is 22.5 Å². The molecule has 1 spiro atoms. The Morgan fingerprint density at radius 1 is 0.692 bits per heavy atom. The highest BCUT2D eigenvalue weighted by Gasteiger charge is 2.67. The maximum Gasteiger partial charge on any atom is 0.417 e. The Balaban J connectivity index is 1.49. The number of pyridine rings is 2. The van der Waals surface area contributed by atoms with Crippen LogP contribution in [0.2, 0.25) is 0 Å². The molecule has 0 fully saturated rings. The average molecular weight is 505 g/mol. The topological polar surface area (TPSA) is 20.9 Å². The van der Waals surface area contributed by atoms with E-state index in [1.165, 1.54) is 77.8 Å². The summed E-state index contributed by atoms with van der Waals surface area (Å²) in [6.45, 7) is 8.92. The van der Waals surface area contributed by atoms with Crippen molar-refractivity contribution < 1.29 is 13.6 Å². The number of aryl methyl sites for hydroxylation is 2. The third-order valence-corrected chi connectivity index (χ3v) is 9.69. The number of hydrogen-bond acceptors (Lipinski definition) is 1. The molecule has 6 aromatic rings. The Hall–Kier alpha value is -4.50. The zero-order valence-electron chi connectivity index (χ0n) is 22.6. The minimum Gasteiger partial charge on any atom is -0.454 e. The fourth-order valence-corrected chi connectivity index (χ4v) is 7.63. The number of rotatable bonds is 0. The highest BCUT2D eigenvalue weighted by molar-refractivity contribution is 6.13. The molecule has 5 heterocycles. The van der Waals surface area contributed by atoms with Gasteiger partial charge in [0.1, 0.15) is 27.9 Å². The SMILES string of the molecule is CC1=C(C)c2c(ccc3c2oc2c4c(ccc23)C2(c3ccccc3-c3cccc[n+]32)[n+]2cc(C)c(C)cc2-4)C1. The molecule has 1 atom stereocenters. The lowest BCUT2D eigenvalue weighted by atomic mass is 9.89. The van der Waals surface area contributed by atoms with Gasteiger partial charge in [-0.1, -0.05) is 29.8 Å². The van der Waals surface area contributed by atoms with Crippen LogP contribution in [0.15, 0.2) is 95.2 Å². The molecule has 3 aromatic carbocycles. The van der Waals surface area contributed by atoms with Crippen molar-refractivity contribution in [3.05, 3.63) is 124 Å². The fraction of sp³-hybridized carbons (Fsp3) is 0.167. The van der Waals surface area contributed by atoms with E-state index in [9.17, 15) is 0 Å². The van der Waals surface area contributed by atoms with Crippen molar-refractivity contribution in [3.63, 3.8) is 0 Å². The van der Waals surface area contributed by atoms with Crippen molar-refractivity contribution in [2.24, 2.45) is 0 Å². The molecule has 2 aliphatic heterocycles. The number of nitrogens with zero attached hydrogens (tertiary/aromatic N) is 2.